The fourth-order valence-electron chi connectivity index (χ4n) is 4.22. The number of benzene rings is 3. The summed E-state index contributed by atoms with van der Waals surface area (Å²) in [5.74, 6) is -1.35. The molecule has 37 heavy (non-hydrogen) atoms. The van der Waals surface area contributed by atoms with E-state index in [9.17, 15) is 22.8 Å². The Bertz CT molecular complexity index is 1550. The van der Waals surface area contributed by atoms with Crippen LogP contribution in [-0.2, 0) is 9.84 Å². The fourth-order valence-corrected chi connectivity index (χ4v) is 5.89. The minimum atomic E-state index is -3.82. The number of nitrogens with one attached hydrogen (secondary N) is 1. The monoisotopic (exact) mass is 511 g/mol. The second kappa shape index (κ2) is 9.79. The summed E-state index contributed by atoms with van der Waals surface area (Å²) in [6.07, 6.45) is 3.01. The molecule has 0 spiro atoms. The van der Waals surface area contributed by atoms with Crippen LogP contribution in [0.4, 0.5) is 5.69 Å². The number of nitrogens with zero attached hydrogens (tertiary/aromatic N) is 2. The average molecular weight is 512 g/mol. The summed E-state index contributed by atoms with van der Waals surface area (Å²) in [6, 6.07) is 23.9. The summed E-state index contributed by atoms with van der Waals surface area (Å²) >= 11 is 0. The average Bonchev–Trinajstić information content (AvgIpc) is 3.19. The number of rotatable bonds is 7. The number of hydrogen-bond acceptors (Lipinski definition) is 6. The van der Waals surface area contributed by atoms with Gasteiger partial charge in [0.2, 0.25) is 0 Å². The van der Waals surface area contributed by atoms with Crippen LogP contribution in [0.1, 0.15) is 41.9 Å². The van der Waals surface area contributed by atoms with Crippen LogP contribution in [0.5, 0.6) is 0 Å². The van der Waals surface area contributed by atoms with E-state index in [0.717, 1.165) is 4.90 Å². The van der Waals surface area contributed by atoms with Crippen molar-refractivity contribution in [1.29, 1.82) is 0 Å². The van der Waals surface area contributed by atoms with Gasteiger partial charge in [-0.05, 0) is 60.2 Å². The molecule has 8 nitrogen and oxygen atoms in total. The Hall–Kier alpha value is -4.63. The maximum Gasteiger partial charge on any atom is 0.266 e. The lowest BCUT2D eigenvalue weighted by molar-refractivity contribution is 0.0923. The van der Waals surface area contributed by atoms with Gasteiger partial charge in [0, 0.05) is 24.5 Å². The highest BCUT2D eigenvalue weighted by molar-refractivity contribution is 7.91. The number of carbonyl (C=O) groups excluding carboxylic acids is 3. The minimum Gasteiger partial charge on any atom is -0.350 e. The van der Waals surface area contributed by atoms with Crippen molar-refractivity contribution in [2.45, 2.75) is 10.1 Å². The molecule has 9 heteroatoms. The van der Waals surface area contributed by atoms with Crippen LogP contribution in [0.15, 0.2) is 108 Å². The molecular formula is C28H21N3O5S. The molecule has 184 valence electrons. The van der Waals surface area contributed by atoms with Gasteiger partial charge in [-0.2, -0.15) is 0 Å². The Labute approximate surface area is 213 Å². The molecule has 3 aromatic carbocycles. The number of amides is 3. The highest BCUT2D eigenvalue weighted by atomic mass is 32.2. The van der Waals surface area contributed by atoms with Crippen molar-refractivity contribution < 1.29 is 22.8 Å². The lowest BCUT2D eigenvalue weighted by Gasteiger charge is -2.19. The largest absolute Gasteiger partial charge is 0.350 e. The van der Waals surface area contributed by atoms with Gasteiger partial charge in [-0.15, -0.1) is 0 Å². The standard InChI is InChI=1S/C28H21N3O5S/c32-26(19-12-14-21(15-13-19)31-27(33)23-10-4-5-11-24(23)28(31)34)30-18-25(20-7-6-16-29-17-20)37(35,36)22-8-2-1-3-9-22/h1-17,25H,18H2,(H,30,32). The molecule has 1 unspecified atom stereocenters. The maximum atomic E-state index is 13.4. The molecule has 1 aromatic heterocycles. The van der Waals surface area contributed by atoms with Crippen molar-refractivity contribution >= 4 is 33.2 Å². The van der Waals surface area contributed by atoms with Crippen molar-refractivity contribution in [3.63, 3.8) is 0 Å². The van der Waals surface area contributed by atoms with E-state index in [1.807, 2.05) is 0 Å². The number of fused-ring (bicyclic) bond motifs is 1. The van der Waals surface area contributed by atoms with E-state index in [4.69, 9.17) is 0 Å². The summed E-state index contributed by atoms with van der Waals surface area (Å²) < 4.78 is 26.8. The molecule has 1 aliphatic heterocycles. The molecule has 1 atom stereocenters. The minimum absolute atomic E-state index is 0.142. The van der Waals surface area contributed by atoms with E-state index in [0.29, 0.717) is 22.4 Å². The second-order valence-electron chi connectivity index (χ2n) is 8.38. The lowest BCUT2D eigenvalue weighted by atomic mass is 10.1. The Morgan fingerprint density at radius 1 is 0.811 bits per heavy atom. The summed E-state index contributed by atoms with van der Waals surface area (Å²) in [5.41, 5.74) is 1.70. The third-order valence-electron chi connectivity index (χ3n) is 6.13. The number of anilines is 1. The Morgan fingerprint density at radius 3 is 2.03 bits per heavy atom. The number of imide groups is 1. The van der Waals surface area contributed by atoms with Crippen LogP contribution in [0.25, 0.3) is 0 Å². The number of hydrogen-bond donors (Lipinski definition) is 1. The number of sulfone groups is 1. The second-order valence-corrected chi connectivity index (χ2v) is 10.5. The predicted molar refractivity (Wildman–Crippen MR) is 137 cm³/mol. The first-order valence-electron chi connectivity index (χ1n) is 11.4. The van der Waals surface area contributed by atoms with Crippen molar-refractivity contribution in [3.8, 4) is 0 Å². The third-order valence-corrected chi connectivity index (χ3v) is 8.25. The van der Waals surface area contributed by atoms with Gasteiger partial charge >= 0.3 is 0 Å². The van der Waals surface area contributed by atoms with Gasteiger partial charge in [-0.3, -0.25) is 19.4 Å². The Morgan fingerprint density at radius 2 is 1.43 bits per heavy atom. The number of carbonyl (C=O) groups is 3. The van der Waals surface area contributed by atoms with Gasteiger partial charge in [0.25, 0.3) is 17.7 Å². The van der Waals surface area contributed by atoms with Crippen molar-refractivity contribution in [2.75, 3.05) is 11.4 Å². The third kappa shape index (κ3) is 4.52. The SMILES string of the molecule is O=C(NCC(c1cccnc1)S(=O)(=O)c1ccccc1)c1ccc(N2C(=O)c3ccccc3C2=O)cc1. The van der Waals surface area contributed by atoms with E-state index < -0.39 is 32.8 Å². The molecule has 1 aliphatic rings. The fraction of sp³-hybridized carbons (Fsp3) is 0.0714. The first-order chi connectivity index (χ1) is 17.9. The van der Waals surface area contributed by atoms with Crippen LogP contribution in [0.2, 0.25) is 0 Å². The molecular weight excluding hydrogens is 490 g/mol. The summed E-state index contributed by atoms with van der Waals surface area (Å²) in [6.45, 7) is -0.179. The highest BCUT2D eigenvalue weighted by Gasteiger charge is 2.36. The van der Waals surface area contributed by atoms with Gasteiger partial charge in [0.15, 0.2) is 9.84 Å². The summed E-state index contributed by atoms with van der Waals surface area (Å²) in [4.78, 5) is 43.6. The first-order valence-corrected chi connectivity index (χ1v) is 13.0. The van der Waals surface area contributed by atoms with Crippen LogP contribution in [0.3, 0.4) is 0 Å². The zero-order valence-corrected chi connectivity index (χ0v) is 20.3. The molecule has 1 N–H and O–H groups in total. The van der Waals surface area contributed by atoms with Crippen LogP contribution < -0.4 is 10.2 Å². The molecule has 0 fully saturated rings. The first kappa shape index (κ1) is 24.1. The molecule has 0 saturated carbocycles. The quantitative estimate of drug-likeness (QED) is 0.377. The molecule has 0 saturated heterocycles. The van der Waals surface area contributed by atoms with E-state index >= 15 is 0 Å². The molecule has 4 aromatic rings. The van der Waals surface area contributed by atoms with Gasteiger partial charge in [-0.1, -0.05) is 36.4 Å². The van der Waals surface area contributed by atoms with Crippen LogP contribution in [0, 0.1) is 0 Å². The predicted octanol–water partition coefficient (Wildman–Crippen LogP) is 3.83. The Balaban J connectivity index is 1.34. The summed E-state index contributed by atoms with van der Waals surface area (Å²) in [5, 5.41) is 1.65. The van der Waals surface area contributed by atoms with Crippen LogP contribution in [-0.4, -0.2) is 37.7 Å². The summed E-state index contributed by atoms with van der Waals surface area (Å²) in [7, 11) is -3.82. The van der Waals surface area contributed by atoms with Crippen molar-refractivity contribution in [1.82, 2.24) is 10.3 Å². The van der Waals surface area contributed by atoms with Crippen LogP contribution >= 0.6 is 0 Å². The van der Waals surface area contributed by atoms with Gasteiger partial charge in [0.1, 0.15) is 5.25 Å². The lowest BCUT2D eigenvalue weighted by Crippen LogP contribution is -2.32. The van der Waals surface area contributed by atoms with Crippen molar-refractivity contribution in [3.05, 3.63) is 126 Å². The zero-order chi connectivity index (χ0) is 26.0. The Kier molecular flexibility index (Phi) is 6.37. The van der Waals surface area contributed by atoms with E-state index in [1.54, 1.807) is 60.8 Å². The molecule has 2 heterocycles. The topological polar surface area (TPSA) is 114 Å². The number of aromatic nitrogens is 1. The molecule has 5 rings (SSSR count). The van der Waals surface area contributed by atoms with Crippen molar-refractivity contribution in [2.24, 2.45) is 0 Å². The normalized spacial score (nSPS) is 13.8. The van der Waals surface area contributed by atoms with Gasteiger partial charge < -0.3 is 5.32 Å². The van der Waals surface area contributed by atoms with E-state index in [1.165, 1.54) is 42.6 Å². The van der Waals surface area contributed by atoms with Gasteiger partial charge in [0.05, 0.1) is 21.7 Å². The van der Waals surface area contributed by atoms with Gasteiger partial charge in [-0.25, -0.2) is 13.3 Å². The van der Waals surface area contributed by atoms with E-state index in [-0.39, 0.29) is 17.0 Å². The molecule has 0 radical (unpaired) electrons. The van der Waals surface area contributed by atoms with E-state index in [2.05, 4.69) is 10.3 Å². The number of pyridine rings is 1. The highest BCUT2D eigenvalue weighted by Crippen LogP contribution is 2.29. The molecule has 0 aliphatic carbocycles. The smallest absolute Gasteiger partial charge is 0.266 e. The molecule has 3 amide bonds. The molecule has 0 bridgehead atoms. The zero-order valence-electron chi connectivity index (χ0n) is 19.4. The maximum absolute atomic E-state index is 13.4.